The van der Waals surface area contributed by atoms with Gasteiger partial charge in [0.25, 0.3) is 10.0 Å². The highest BCUT2D eigenvalue weighted by molar-refractivity contribution is 7.99. The Morgan fingerprint density at radius 1 is 1.15 bits per heavy atom. The molecule has 34 heavy (non-hydrogen) atoms. The number of carbonyl (C=O) groups is 2. The van der Waals surface area contributed by atoms with E-state index in [2.05, 4.69) is 5.32 Å². The molecule has 0 saturated carbocycles. The molecule has 1 unspecified atom stereocenters. The van der Waals surface area contributed by atoms with Crippen molar-refractivity contribution < 1.29 is 22.7 Å². The summed E-state index contributed by atoms with van der Waals surface area (Å²) in [5.41, 5.74) is 2.01. The van der Waals surface area contributed by atoms with Gasteiger partial charge in [0.15, 0.2) is 0 Å². The highest BCUT2D eigenvalue weighted by Crippen LogP contribution is 2.34. The fraction of sp³-hybridized carbons (Fsp3) is 0.333. The largest absolute Gasteiger partial charge is 0.497 e. The van der Waals surface area contributed by atoms with E-state index in [-0.39, 0.29) is 22.5 Å². The van der Waals surface area contributed by atoms with Gasteiger partial charge in [-0.25, -0.2) is 8.42 Å². The third-order valence-corrected chi connectivity index (χ3v) is 8.97. The molecule has 10 heteroatoms. The van der Waals surface area contributed by atoms with Crippen molar-refractivity contribution in [1.29, 1.82) is 0 Å². The maximum Gasteiger partial charge on any atom is 0.264 e. The molecule has 4 rings (SSSR count). The quantitative estimate of drug-likeness (QED) is 0.654. The van der Waals surface area contributed by atoms with Crippen molar-refractivity contribution in [1.82, 2.24) is 14.5 Å². The van der Waals surface area contributed by atoms with Gasteiger partial charge in [0.2, 0.25) is 11.8 Å². The maximum absolute atomic E-state index is 13.3. The van der Waals surface area contributed by atoms with Gasteiger partial charge in [0, 0.05) is 36.5 Å². The average molecular weight is 502 g/mol. The Bertz CT molecular complexity index is 1180. The first-order valence-electron chi connectivity index (χ1n) is 10.9. The van der Waals surface area contributed by atoms with Gasteiger partial charge in [-0.15, -0.1) is 0 Å². The number of hydrogen-bond donors (Lipinski definition) is 1. The van der Waals surface area contributed by atoms with E-state index in [4.69, 9.17) is 4.74 Å². The molecule has 0 aliphatic carbocycles. The van der Waals surface area contributed by atoms with Crippen molar-refractivity contribution in [2.24, 2.45) is 0 Å². The Morgan fingerprint density at radius 3 is 2.53 bits per heavy atom. The second-order valence-corrected chi connectivity index (χ2v) is 11.3. The van der Waals surface area contributed by atoms with Crippen LogP contribution in [0.3, 0.4) is 0 Å². The molecular weight excluding hydrogens is 474 g/mol. The van der Waals surface area contributed by atoms with Crippen LogP contribution in [0, 0.1) is 6.92 Å². The maximum atomic E-state index is 13.3. The molecule has 0 spiro atoms. The second-order valence-electron chi connectivity index (χ2n) is 8.16. The number of benzene rings is 2. The van der Waals surface area contributed by atoms with Gasteiger partial charge in [-0.2, -0.15) is 11.8 Å². The Labute approximate surface area is 204 Å². The molecular formula is C24H27N3O5S2. The van der Waals surface area contributed by atoms with Crippen molar-refractivity contribution in [2.45, 2.75) is 29.5 Å². The summed E-state index contributed by atoms with van der Waals surface area (Å²) in [7, 11) is -2.38. The topological polar surface area (TPSA) is 96.0 Å². The lowest BCUT2D eigenvalue weighted by atomic mass is 10.1. The van der Waals surface area contributed by atoms with Gasteiger partial charge in [0.05, 0.1) is 18.4 Å². The van der Waals surface area contributed by atoms with Gasteiger partial charge in [0.1, 0.15) is 11.8 Å². The summed E-state index contributed by atoms with van der Waals surface area (Å²) in [6.45, 7) is 2.90. The second kappa shape index (κ2) is 10.1. The highest BCUT2D eigenvalue weighted by Gasteiger charge is 2.38. The molecule has 1 N–H and O–H groups in total. The number of carbonyl (C=O) groups excluding carboxylic acids is 2. The SMILES string of the molecule is COc1ccc(C2CN(C(=O)C[C@@H]3C(=O)NC=CN3S(=O)(=O)c3ccc(C)cc3)CCS2)cc1. The van der Waals surface area contributed by atoms with E-state index in [1.807, 2.05) is 31.2 Å². The highest BCUT2D eigenvalue weighted by atomic mass is 32.2. The van der Waals surface area contributed by atoms with Crippen LogP contribution < -0.4 is 10.1 Å². The Morgan fingerprint density at radius 2 is 1.85 bits per heavy atom. The van der Waals surface area contributed by atoms with Gasteiger partial charge < -0.3 is 15.0 Å². The third kappa shape index (κ3) is 5.07. The number of methoxy groups -OCH3 is 1. The zero-order valence-electron chi connectivity index (χ0n) is 19.0. The van der Waals surface area contributed by atoms with Gasteiger partial charge in [-0.3, -0.25) is 13.9 Å². The van der Waals surface area contributed by atoms with Crippen LogP contribution in [-0.2, 0) is 19.6 Å². The number of thioether (sulfide) groups is 1. The summed E-state index contributed by atoms with van der Waals surface area (Å²) in [4.78, 5) is 27.6. The molecule has 0 aromatic heterocycles. The number of amides is 2. The first kappa shape index (κ1) is 24.2. The minimum Gasteiger partial charge on any atom is -0.497 e. The fourth-order valence-corrected chi connectivity index (χ4v) is 6.66. The van der Waals surface area contributed by atoms with Crippen LogP contribution in [0.1, 0.15) is 22.8 Å². The van der Waals surface area contributed by atoms with Crippen LogP contribution in [-0.4, -0.2) is 61.4 Å². The predicted octanol–water partition coefficient (Wildman–Crippen LogP) is 2.67. The fourth-order valence-electron chi connectivity index (χ4n) is 3.96. The summed E-state index contributed by atoms with van der Waals surface area (Å²) in [5.74, 6) is 0.747. The first-order valence-corrected chi connectivity index (χ1v) is 13.4. The molecule has 1 saturated heterocycles. The lowest BCUT2D eigenvalue weighted by molar-refractivity contribution is -0.135. The molecule has 2 heterocycles. The minimum atomic E-state index is -4.00. The van der Waals surface area contributed by atoms with Crippen molar-refractivity contribution in [3.63, 3.8) is 0 Å². The standard InChI is InChI=1S/C24H27N3O5S2/c1-17-3-9-20(10-4-17)34(30,31)27-12-11-25-24(29)21(27)15-23(28)26-13-14-33-22(16-26)18-5-7-19(32-2)8-6-18/h3-12,21-22H,13-16H2,1-2H3,(H,25,29)/t21-,22?/m1/s1. The Hall–Kier alpha value is -2.98. The van der Waals surface area contributed by atoms with Crippen molar-refractivity contribution in [2.75, 3.05) is 26.0 Å². The van der Waals surface area contributed by atoms with E-state index in [0.717, 1.165) is 26.9 Å². The molecule has 2 aromatic carbocycles. The summed E-state index contributed by atoms with van der Waals surface area (Å²) >= 11 is 1.77. The van der Waals surface area contributed by atoms with E-state index >= 15 is 0 Å². The van der Waals surface area contributed by atoms with Crippen LogP contribution in [0.25, 0.3) is 0 Å². The summed E-state index contributed by atoms with van der Waals surface area (Å²) < 4.78 is 32.7. The zero-order valence-corrected chi connectivity index (χ0v) is 20.6. The number of ether oxygens (including phenoxy) is 1. The minimum absolute atomic E-state index is 0.0730. The van der Waals surface area contributed by atoms with Crippen molar-refractivity contribution in [3.8, 4) is 5.75 Å². The van der Waals surface area contributed by atoms with Gasteiger partial charge >= 0.3 is 0 Å². The third-order valence-electron chi connectivity index (χ3n) is 5.93. The van der Waals surface area contributed by atoms with Crippen LogP contribution >= 0.6 is 11.8 Å². The number of sulfonamides is 1. The van der Waals surface area contributed by atoms with E-state index in [0.29, 0.717) is 13.1 Å². The van der Waals surface area contributed by atoms with Crippen LogP contribution in [0.2, 0.25) is 0 Å². The number of rotatable bonds is 6. The summed E-state index contributed by atoms with van der Waals surface area (Å²) in [6, 6.07) is 13.0. The smallest absolute Gasteiger partial charge is 0.264 e. The predicted molar refractivity (Wildman–Crippen MR) is 131 cm³/mol. The molecule has 2 aliphatic rings. The number of nitrogens with one attached hydrogen (secondary N) is 1. The first-order chi connectivity index (χ1) is 16.3. The van der Waals surface area contributed by atoms with Crippen LogP contribution in [0.5, 0.6) is 5.75 Å². The van der Waals surface area contributed by atoms with E-state index in [9.17, 15) is 18.0 Å². The Kier molecular flexibility index (Phi) is 7.18. The van der Waals surface area contributed by atoms with Crippen LogP contribution in [0.15, 0.2) is 65.8 Å². The molecule has 8 nitrogen and oxygen atoms in total. The zero-order chi connectivity index (χ0) is 24.3. The monoisotopic (exact) mass is 501 g/mol. The molecule has 0 bridgehead atoms. The number of nitrogens with zero attached hydrogens (tertiary/aromatic N) is 2. The van der Waals surface area contributed by atoms with Crippen molar-refractivity contribution >= 4 is 33.6 Å². The van der Waals surface area contributed by atoms with Crippen molar-refractivity contribution in [3.05, 3.63) is 72.1 Å². The molecule has 2 atom stereocenters. The van der Waals surface area contributed by atoms with Gasteiger partial charge in [-0.05, 0) is 36.8 Å². The van der Waals surface area contributed by atoms with E-state index < -0.39 is 22.0 Å². The number of hydrogen-bond acceptors (Lipinski definition) is 6. The molecule has 1 fully saturated rings. The van der Waals surface area contributed by atoms with E-state index in [1.54, 1.807) is 35.9 Å². The van der Waals surface area contributed by atoms with Gasteiger partial charge in [-0.1, -0.05) is 29.8 Å². The summed E-state index contributed by atoms with van der Waals surface area (Å²) in [5, 5.41) is 2.63. The average Bonchev–Trinajstić information content (AvgIpc) is 2.85. The number of aryl methyl sites for hydroxylation is 1. The van der Waals surface area contributed by atoms with E-state index in [1.165, 1.54) is 24.5 Å². The molecule has 2 aliphatic heterocycles. The molecule has 2 aromatic rings. The lowest BCUT2D eigenvalue weighted by Gasteiger charge is -2.35. The van der Waals surface area contributed by atoms with Crippen LogP contribution in [0.4, 0.5) is 0 Å². The molecule has 0 radical (unpaired) electrons. The summed E-state index contributed by atoms with van der Waals surface area (Å²) in [6.07, 6.45) is 2.36. The molecule has 2 amide bonds. The molecule has 180 valence electrons. The Balaban J connectivity index is 1.50. The lowest BCUT2D eigenvalue weighted by Crippen LogP contribution is -2.52. The normalized spacial score (nSPS) is 20.7.